The van der Waals surface area contributed by atoms with Gasteiger partial charge in [0.2, 0.25) is 0 Å². The fourth-order valence-electron chi connectivity index (χ4n) is 4.38. The summed E-state index contributed by atoms with van der Waals surface area (Å²) in [5.74, 6) is -1.23. The first-order valence-corrected chi connectivity index (χ1v) is 13.8. The first kappa shape index (κ1) is 28.4. The van der Waals surface area contributed by atoms with Crippen LogP contribution >= 0.6 is 11.3 Å². The van der Waals surface area contributed by atoms with E-state index in [-0.39, 0.29) is 40.5 Å². The fraction of sp³-hybridized carbons (Fsp3) is 0.464. The molecule has 11 heteroatoms. The summed E-state index contributed by atoms with van der Waals surface area (Å²) in [4.78, 5) is 49.9. The van der Waals surface area contributed by atoms with Gasteiger partial charge >= 0.3 is 5.97 Å². The first-order chi connectivity index (χ1) is 18.1. The van der Waals surface area contributed by atoms with Gasteiger partial charge in [-0.05, 0) is 36.5 Å². The third-order valence-corrected chi connectivity index (χ3v) is 7.38. The van der Waals surface area contributed by atoms with Crippen LogP contribution in [-0.4, -0.2) is 55.7 Å². The van der Waals surface area contributed by atoms with Gasteiger partial charge in [0.15, 0.2) is 5.13 Å². The smallest absolute Gasteiger partial charge is 0.332 e. The van der Waals surface area contributed by atoms with Crippen LogP contribution in [0.3, 0.4) is 0 Å². The van der Waals surface area contributed by atoms with Crippen LogP contribution in [0.2, 0.25) is 0 Å². The van der Waals surface area contributed by atoms with E-state index in [4.69, 9.17) is 4.98 Å². The topological polar surface area (TPSA) is 137 Å². The van der Waals surface area contributed by atoms with E-state index in [2.05, 4.69) is 10.3 Å². The number of hydrogen-bond donors (Lipinski definition) is 3. The Morgan fingerprint density at radius 2 is 1.90 bits per heavy atom. The van der Waals surface area contributed by atoms with Crippen LogP contribution < -0.4 is 15.8 Å². The van der Waals surface area contributed by atoms with Gasteiger partial charge in [-0.1, -0.05) is 41.5 Å². The Morgan fingerprint density at radius 1 is 1.18 bits per heavy atom. The normalized spacial score (nSPS) is 16.9. The number of hydrogen-bond acceptors (Lipinski definition) is 8. The molecule has 0 spiro atoms. The van der Waals surface area contributed by atoms with Crippen molar-refractivity contribution in [2.45, 2.75) is 65.9 Å². The van der Waals surface area contributed by atoms with Crippen LogP contribution in [0, 0.1) is 5.41 Å². The Balaban J connectivity index is 1.81. The molecule has 3 aromatic rings. The number of fused-ring (bicyclic) bond motifs is 1. The fourth-order valence-corrected chi connectivity index (χ4v) is 5.32. The predicted octanol–water partition coefficient (Wildman–Crippen LogP) is 4.18. The van der Waals surface area contributed by atoms with Gasteiger partial charge in [-0.15, -0.1) is 11.3 Å². The Labute approximate surface area is 231 Å². The lowest BCUT2D eigenvalue weighted by molar-refractivity contribution is -0.133. The van der Waals surface area contributed by atoms with E-state index in [1.807, 2.05) is 26.2 Å². The number of amides is 1. The minimum absolute atomic E-state index is 0.0641. The zero-order chi connectivity index (χ0) is 28.7. The molecule has 0 aromatic carbocycles. The van der Waals surface area contributed by atoms with Crippen LogP contribution in [0.4, 0.5) is 10.9 Å². The van der Waals surface area contributed by atoms with E-state index in [1.54, 1.807) is 25.7 Å². The number of aliphatic carboxylic acids is 1. The summed E-state index contributed by atoms with van der Waals surface area (Å²) in [7, 11) is 0. The number of thiazole rings is 1. The third-order valence-electron chi connectivity index (χ3n) is 6.62. The molecule has 208 valence electrons. The maximum Gasteiger partial charge on any atom is 0.332 e. The third kappa shape index (κ3) is 6.20. The second-order valence-corrected chi connectivity index (χ2v) is 12.8. The average Bonchev–Trinajstić information content (AvgIpc) is 3.31. The van der Waals surface area contributed by atoms with Crippen molar-refractivity contribution >= 4 is 45.9 Å². The van der Waals surface area contributed by atoms with Gasteiger partial charge in [0.25, 0.3) is 11.5 Å². The number of nitrogens with one attached hydrogen (secondary N) is 1. The number of aliphatic hydroxyl groups is 1. The summed E-state index contributed by atoms with van der Waals surface area (Å²) >= 11 is 1.34. The number of carbonyl (C=O) groups is 2. The summed E-state index contributed by atoms with van der Waals surface area (Å²) in [5, 5.41) is 25.4. The van der Waals surface area contributed by atoms with Crippen LogP contribution in [0.1, 0.15) is 76.0 Å². The van der Waals surface area contributed by atoms with Crippen LogP contribution in [0.25, 0.3) is 11.7 Å². The van der Waals surface area contributed by atoms with Crippen molar-refractivity contribution < 1.29 is 19.8 Å². The molecule has 10 nitrogen and oxygen atoms in total. The summed E-state index contributed by atoms with van der Waals surface area (Å²) in [5.41, 5.74) is 0.259. The van der Waals surface area contributed by atoms with Gasteiger partial charge in [-0.25, -0.2) is 14.8 Å². The summed E-state index contributed by atoms with van der Waals surface area (Å²) in [6, 6.07) is 3.04. The number of aromatic nitrogens is 3. The maximum atomic E-state index is 13.7. The zero-order valence-corrected chi connectivity index (χ0v) is 23.9. The lowest BCUT2D eigenvalue weighted by Gasteiger charge is -2.32. The van der Waals surface area contributed by atoms with Crippen molar-refractivity contribution in [3.05, 3.63) is 56.5 Å². The molecule has 0 aliphatic carbocycles. The zero-order valence-electron chi connectivity index (χ0n) is 23.1. The lowest BCUT2D eigenvalue weighted by Crippen LogP contribution is -2.40. The number of piperidine rings is 1. The molecule has 3 N–H and O–H groups in total. The largest absolute Gasteiger partial charge is 0.478 e. The lowest BCUT2D eigenvalue weighted by atomic mass is 9.85. The van der Waals surface area contributed by atoms with Crippen LogP contribution in [0.15, 0.2) is 34.1 Å². The quantitative estimate of drug-likeness (QED) is 0.400. The molecule has 1 atom stereocenters. The van der Waals surface area contributed by atoms with Gasteiger partial charge in [-0.2, -0.15) is 0 Å². The van der Waals surface area contributed by atoms with Crippen molar-refractivity contribution in [1.82, 2.24) is 14.4 Å². The second-order valence-electron chi connectivity index (χ2n) is 11.9. The van der Waals surface area contributed by atoms with E-state index in [0.717, 1.165) is 5.69 Å². The highest BCUT2D eigenvalue weighted by molar-refractivity contribution is 7.14. The standard InChI is InChI=1S/C28H35N5O5S/c1-27(2,3)19(25(37)38)13-18-22(32-10-7-8-17(34)14-32)30-21-12-16(9-11-33(21)24(18)36)23(35)31-26-29-20(15-39-26)28(4,5)6/h9,11-13,15,17,34H,7-8,10,14H2,1-6H3,(H,37,38)(H,29,31,35)/t17-/m0/s1. The molecule has 1 aliphatic heterocycles. The Hall–Kier alpha value is -3.57. The molecular formula is C28H35N5O5S. The van der Waals surface area contributed by atoms with E-state index < -0.39 is 23.0 Å². The molecule has 4 heterocycles. The number of rotatable bonds is 5. The summed E-state index contributed by atoms with van der Waals surface area (Å²) < 4.78 is 1.30. The molecule has 0 saturated carbocycles. The molecule has 3 aromatic heterocycles. The number of nitrogens with zero attached hydrogens (tertiary/aromatic N) is 4. The molecule has 0 bridgehead atoms. The highest BCUT2D eigenvalue weighted by Crippen LogP contribution is 2.30. The SMILES string of the molecule is CC(C)(C)C(=Cc1c(N2CCC[C@H](O)C2)nc2cc(C(=O)Nc3nc(C(C)(C)C)cs3)ccn2c1=O)C(=O)O. The number of anilines is 2. The molecule has 1 fully saturated rings. The monoisotopic (exact) mass is 553 g/mol. The molecule has 1 amide bonds. The Kier molecular flexibility index (Phi) is 7.68. The van der Waals surface area contributed by atoms with E-state index in [9.17, 15) is 24.6 Å². The maximum absolute atomic E-state index is 13.7. The van der Waals surface area contributed by atoms with Crippen molar-refractivity contribution in [3.8, 4) is 0 Å². The number of carboxylic acids is 1. The first-order valence-electron chi connectivity index (χ1n) is 12.9. The molecule has 1 saturated heterocycles. The van der Waals surface area contributed by atoms with Gasteiger partial charge in [-0.3, -0.25) is 19.3 Å². The summed E-state index contributed by atoms with van der Waals surface area (Å²) in [6.07, 6.45) is 3.59. The highest BCUT2D eigenvalue weighted by Gasteiger charge is 2.28. The van der Waals surface area contributed by atoms with E-state index in [0.29, 0.717) is 30.1 Å². The molecular weight excluding hydrogens is 518 g/mol. The predicted molar refractivity (Wildman–Crippen MR) is 153 cm³/mol. The van der Waals surface area contributed by atoms with Gasteiger partial charge in [0.1, 0.15) is 11.5 Å². The Bertz CT molecular complexity index is 1510. The van der Waals surface area contributed by atoms with Crippen molar-refractivity contribution in [1.29, 1.82) is 0 Å². The van der Waals surface area contributed by atoms with Crippen molar-refractivity contribution in [2.75, 3.05) is 23.3 Å². The van der Waals surface area contributed by atoms with E-state index >= 15 is 0 Å². The number of β-amino-alcohol motifs (C(OH)–C–C–N with tert-alkyl or cyclic N) is 1. The number of aliphatic hydroxyl groups excluding tert-OH is 1. The van der Waals surface area contributed by atoms with Crippen LogP contribution in [-0.2, 0) is 10.2 Å². The number of carboxylic acid groups (broad SMARTS) is 1. The van der Waals surface area contributed by atoms with E-state index in [1.165, 1.54) is 40.1 Å². The number of pyridine rings is 1. The Morgan fingerprint density at radius 3 is 2.49 bits per heavy atom. The molecule has 4 rings (SSSR count). The second kappa shape index (κ2) is 10.5. The number of carbonyl (C=O) groups excluding carboxylic acids is 1. The molecule has 0 unspecified atom stereocenters. The minimum atomic E-state index is -1.12. The summed E-state index contributed by atoms with van der Waals surface area (Å²) in [6.45, 7) is 12.3. The molecule has 1 aliphatic rings. The van der Waals surface area contributed by atoms with Gasteiger partial charge < -0.3 is 15.1 Å². The average molecular weight is 554 g/mol. The minimum Gasteiger partial charge on any atom is -0.478 e. The van der Waals surface area contributed by atoms with Gasteiger partial charge in [0.05, 0.1) is 17.4 Å². The molecule has 39 heavy (non-hydrogen) atoms. The highest BCUT2D eigenvalue weighted by atomic mass is 32.1. The van der Waals surface area contributed by atoms with Crippen LogP contribution in [0.5, 0.6) is 0 Å². The molecule has 0 radical (unpaired) electrons. The van der Waals surface area contributed by atoms with Gasteiger partial charge in [0, 0.05) is 41.2 Å². The van der Waals surface area contributed by atoms with Crippen molar-refractivity contribution in [2.24, 2.45) is 5.41 Å². The van der Waals surface area contributed by atoms with Crippen molar-refractivity contribution in [3.63, 3.8) is 0 Å².